The summed E-state index contributed by atoms with van der Waals surface area (Å²) in [5, 5.41) is 3.11. The van der Waals surface area contributed by atoms with Gasteiger partial charge in [-0.15, -0.1) is 0 Å². The summed E-state index contributed by atoms with van der Waals surface area (Å²) in [5.41, 5.74) is -2.66. The summed E-state index contributed by atoms with van der Waals surface area (Å²) in [5.74, 6) is -1.09. The third kappa shape index (κ3) is 8.75. The number of carbonyl (C=O) groups is 2. The third-order valence-corrected chi connectivity index (χ3v) is 6.38. The minimum absolute atomic E-state index is 0.0477. The molecule has 12 heteroatoms. The van der Waals surface area contributed by atoms with Crippen LogP contribution in [-0.2, 0) is 30.1 Å². The highest BCUT2D eigenvalue weighted by Gasteiger charge is 2.38. The fraction of sp³-hybridized carbons (Fsp3) is 0.241. The normalized spacial score (nSPS) is 12.7. The summed E-state index contributed by atoms with van der Waals surface area (Å²) in [6, 6.07) is 13.2. The number of methoxy groups -OCH3 is 1. The van der Waals surface area contributed by atoms with Gasteiger partial charge < -0.3 is 15.0 Å². The highest BCUT2D eigenvalue weighted by molar-refractivity contribution is 6.30. The second-order valence-corrected chi connectivity index (χ2v) is 9.43. The number of ether oxygens (including phenoxy) is 1. The number of alkyl halides is 6. The van der Waals surface area contributed by atoms with Gasteiger partial charge in [-0.2, -0.15) is 26.3 Å². The van der Waals surface area contributed by atoms with Crippen molar-refractivity contribution in [2.75, 3.05) is 14.2 Å². The topological polar surface area (TPSA) is 58.6 Å². The molecule has 3 rings (SSSR count). The number of nitrogens with one attached hydrogen (secondary N) is 1. The van der Waals surface area contributed by atoms with Crippen LogP contribution in [0.4, 0.5) is 26.3 Å². The van der Waals surface area contributed by atoms with Crippen molar-refractivity contribution in [3.63, 3.8) is 0 Å². The zero-order valence-electron chi connectivity index (χ0n) is 21.8. The van der Waals surface area contributed by atoms with E-state index in [2.05, 4.69) is 5.32 Å². The van der Waals surface area contributed by atoms with Gasteiger partial charge in [-0.1, -0.05) is 48.0 Å². The van der Waals surface area contributed by atoms with E-state index in [1.807, 2.05) is 0 Å². The molecule has 0 aliphatic rings. The summed E-state index contributed by atoms with van der Waals surface area (Å²) in [7, 11) is 2.71. The number of amides is 2. The third-order valence-electron chi connectivity index (χ3n) is 6.13. The first kappa shape index (κ1) is 31.5. The monoisotopic (exact) mass is 598 g/mol. The van der Waals surface area contributed by atoms with Gasteiger partial charge in [0.15, 0.2) is 0 Å². The van der Waals surface area contributed by atoms with Crippen molar-refractivity contribution in [1.29, 1.82) is 0 Å². The fourth-order valence-electron chi connectivity index (χ4n) is 3.92. The molecule has 0 bridgehead atoms. The van der Waals surface area contributed by atoms with Gasteiger partial charge in [0, 0.05) is 35.8 Å². The summed E-state index contributed by atoms with van der Waals surface area (Å²) in [4.78, 5) is 26.8. The molecule has 3 aromatic rings. The van der Waals surface area contributed by atoms with Crippen LogP contribution in [0.5, 0.6) is 5.75 Å². The number of halogens is 7. The lowest BCUT2D eigenvalue weighted by molar-refractivity contribution is -0.143. The highest BCUT2D eigenvalue weighted by Crippen LogP contribution is 2.36. The number of hydrogen-bond acceptors (Lipinski definition) is 3. The minimum Gasteiger partial charge on any atom is -0.496 e. The van der Waals surface area contributed by atoms with Crippen LogP contribution in [0.1, 0.15) is 32.6 Å². The van der Waals surface area contributed by atoms with Crippen molar-refractivity contribution in [3.05, 3.63) is 112 Å². The molecule has 0 spiro atoms. The van der Waals surface area contributed by atoms with Crippen molar-refractivity contribution in [2.24, 2.45) is 0 Å². The van der Waals surface area contributed by atoms with Gasteiger partial charge in [-0.3, -0.25) is 9.59 Å². The largest absolute Gasteiger partial charge is 0.496 e. The Labute approximate surface area is 237 Å². The van der Waals surface area contributed by atoms with Gasteiger partial charge in [-0.05, 0) is 48.4 Å². The van der Waals surface area contributed by atoms with Crippen molar-refractivity contribution >= 4 is 23.4 Å². The number of para-hydroxylation sites is 1. The average Bonchev–Trinajstić information content (AvgIpc) is 2.93. The maximum absolute atomic E-state index is 13.4. The Balaban J connectivity index is 1.90. The van der Waals surface area contributed by atoms with Crippen LogP contribution in [0.25, 0.3) is 0 Å². The molecule has 3 aromatic carbocycles. The molecular weight excluding hydrogens is 574 g/mol. The quantitative estimate of drug-likeness (QED) is 0.214. The highest BCUT2D eigenvalue weighted by atomic mass is 35.5. The molecule has 218 valence electrons. The van der Waals surface area contributed by atoms with Crippen molar-refractivity contribution in [1.82, 2.24) is 10.2 Å². The van der Waals surface area contributed by atoms with E-state index in [-0.39, 0.29) is 19.0 Å². The van der Waals surface area contributed by atoms with Crippen molar-refractivity contribution in [2.45, 2.75) is 31.4 Å². The molecule has 2 amide bonds. The molecule has 1 unspecified atom stereocenters. The fourth-order valence-corrected chi connectivity index (χ4v) is 4.04. The van der Waals surface area contributed by atoms with Gasteiger partial charge in [0.05, 0.1) is 24.3 Å². The van der Waals surface area contributed by atoms with E-state index in [1.54, 1.807) is 48.5 Å². The van der Waals surface area contributed by atoms with Gasteiger partial charge in [0.2, 0.25) is 5.91 Å². The summed E-state index contributed by atoms with van der Waals surface area (Å²) < 4.78 is 85.4. The second-order valence-electron chi connectivity index (χ2n) is 9.00. The molecule has 1 atom stereocenters. The predicted octanol–water partition coefficient (Wildman–Crippen LogP) is 6.94. The van der Waals surface area contributed by atoms with E-state index in [9.17, 15) is 35.9 Å². The Kier molecular flexibility index (Phi) is 10.1. The zero-order valence-corrected chi connectivity index (χ0v) is 22.6. The Morgan fingerprint density at radius 3 is 2.10 bits per heavy atom. The van der Waals surface area contributed by atoms with Crippen LogP contribution in [0, 0.1) is 0 Å². The van der Waals surface area contributed by atoms with E-state index in [0.717, 1.165) is 11.0 Å². The maximum Gasteiger partial charge on any atom is 0.416 e. The summed E-state index contributed by atoms with van der Waals surface area (Å²) in [6.45, 7) is 0.119. The Bertz CT molecular complexity index is 1370. The number of carbonyl (C=O) groups excluding carboxylic acids is 2. The van der Waals surface area contributed by atoms with Crippen LogP contribution >= 0.6 is 11.6 Å². The first-order chi connectivity index (χ1) is 19.2. The molecule has 5 nitrogen and oxygen atoms in total. The van der Waals surface area contributed by atoms with Crippen LogP contribution in [0.2, 0.25) is 5.02 Å². The first-order valence-electron chi connectivity index (χ1n) is 12.1. The average molecular weight is 599 g/mol. The molecule has 0 fully saturated rings. The van der Waals surface area contributed by atoms with E-state index in [1.165, 1.54) is 20.2 Å². The van der Waals surface area contributed by atoms with Gasteiger partial charge >= 0.3 is 12.4 Å². The number of likely N-dealkylation sites (N-methyl/N-ethyl adjacent to an activating group) is 1. The Morgan fingerprint density at radius 2 is 1.54 bits per heavy atom. The van der Waals surface area contributed by atoms with E-state index >= 15 is 0 Å². The standard InChI is InChI=1S/C29H25ClF6N2O3/c1-38(27(40)20-14-21(28(31,32)33)16-22(15-20)29(34,35)36)24(13-18-7-9-23(30)10-8-18)11-12-26(39)37-17-19-5-3-4-6-25(19)41-2/h3-12,14-16,24H,13,17H2,1-2H3,(H,37,39). The Hall–Kier alpha value is -3.99. The first-order valence-corrected chi connectivity index (χ1v) is 12.5. The van der Waals surface area contributed by atoms with Crippen LogP contribution in [0.15, 0.2) is 78.9 Å². The summed E-state index contributed by atoms with van der Waals surface area (Å²) in [6.07, 6.45) is -7.65. The number of nitrogens with zero attached hydrogens (tertiary/aromatic N) is 1. The lowest BCUT2D eigenvalue weighted by atomic mass is 10.0. The van der Waals surface area contributed by atoms with Gasteiger partial charge in [-0.25, -0.2) is 0 Å². The second kappa shape index (κ2) is 13.1. The van der Waals surface area contributed by atoms with E-state index in [4.69, 9.17) is 16.3 Å². The maximum atomic E-state index is 13.4. The van der Waals surface area contributed by atoms with Crippen LogP contribution in [0.3, 0.4) is 0 Å². The molecule has 0 aliphatic carbocycles. The lowest BCUT2D eigenvalue weighted by Crippen LogP contribution is -2.38. The van der Waals surface area contributed by atoms with Gasteiger partial charge in [0.25, 0.3) is 5.91 Å². The molecule has 0 saturated carbocycles. The SMILES string of the molecule is COc1ccccc1CNC(=O)C=CC(Cc1ccc(Cl)cc1)N(C)C(=O)c1cc(C(F)(F)F)cc(C(F)(F)F)c1. The van der Waals surface area contributed by atoms with E-state index in [0.29, 0.717) is 34.0 Å². The molecule has 41 heavy (non-hydrogen) atoms. The molecule has 1 N–H and O–H groups in total. The molecule has 0 aliphatic heterocycles. The van der Waals surface area contributed by atoms with Crippen LogP contribution in [-0.4, -0.2) is 36.9 Å². The van der Waals surface area contributed by atoms with Crippen molar-refractivity contribution in [3.8, 4) is 5.75 Å². The zero-order chi connectivity index (χ0) is 30.4. The summed E-state index contributed by atoms with van der Waals surface area (Å²) >= 11 is 5.93. The number of hydrogen-bond donors (Lipinski definition) is 1. The van der Waals surface area contributed by atoms with Crippen LogP contribution < -0.4 is 10.1 Å². The lowest BCUT2D eigenvalue weighted by Gasteiger charge is -2.27. The smallest absolute Gasteiger partial charge is 0.416 e. The molecule has 0 heterocycles. The molecule has 0 aromatic heterocycles. The number of benzene rings is 3. The number of rotatable bonds is 9. The van der Waals surface area contributed by atoms with Gasteiger partial charge in [0.1, 0.15) is 5.75 Å². The minimum atomic E-state index is -5.11. The van der Waals surface area contributed by atoms with Crippen molar-refractivity contribution < 1.29 is 40.7 Å². The predicted molar refractivity (Wildman–Crippen MR) is 141 cm³/mol. The molecule has 0 saturated heterocycles. The molecule has 0 radical (unpaired) electrons. The van der Waals surface area contributed by atoms with E-state index < -0.39 is 46.9 Å². The molecular formula is C29H25ClF6N2O3. The Morgan fingerprint density at radius 1 is 0.951 bits per heavy atom.